The molecule has 2 unspecified atom stereocenters. The van der Waals surface area contributed by atoms with Gasteiger partial charge in [-0.15, -0.1) is 11.3 Å². The van der Waals surface area contributed by atoms with E-state index in [1.165, 1.54) is 34.8 Å². The van der Waals surface area contributed by atoms with Crippen molar-refractivity contribution in [2.45, 2.75) is 45.1 Å². The van der Waals surface area contributed by atoms with Gasteiger partial charge in [0.1, 0.15) is 11.1 Å². The van der Waals surface area contributed by atoms with Gasteiger partial charge in [0, 0.05) is 28.8 Å². The van der Waals surface area contributed by atoms with Crippen LogP contribution in [0.25, 0.3) is 0 Å². The van der Waals surface area contributed by atoms with Gasteiger partial charge in [-0.05, 0) is 31.7 Å². The first kappa shape index (κ1) is 15.8. The number of ether oxygens (including phenoxy) is 1. The summed E-state index contributed by atoms with van der Waals surface area (Å²) in [5.41, 5.74) is 1.37. The molecule has 118 valence electrons. The molecule has 0 spiro atoms. The molecule has 1 N–H and O–H groups in total. The number of hydrogen-bond donors (Lipinski definition) is 1. The normalized spacial score (nSPS) is 26.0. The van der Waals surface area contributed by atoms with Crippen LogP contribution in [0, 0.1) is 5.92 Å². The molecular weight excluding hydrogens is 300 g/mol. The molecule has 3 rings (SSSR count). The maximum Gasteiger partial charge on any atom is 0.123 e. The van der Waals surface area contributed by atoms with E-state index in [9.17, 15) is 0 Å². The lowest BCUT2D eigenvalue weighted by molar-refractivity contribution is 0.0754. The fourth-order valence-corrected chi connectivity index (χ4v) is 5.24. The molecule has 21 heavy (non-hydrogen) atoms. The van der Waals surface area contributed by atoms with Crippen LogP contribution in [0.3, 0.4) is 0 Å². The second-order valence-corrected chi connectivity index (χ2v) is 8.70. The minimum Gasteiger partial charge on any atom is -0.369 e. The molecule has 0 saturated carbocycles. The van der Waals surface area contributed by atoms with E-state index in [1.54, 1.807) is 0 Å². The molecule has 1 aromatic rings. The topological polar surface area (TPSA) is 34.1 Å². The zero-order chi connectivity index (χ0) is 14.7. The molecule has 5 heteroatoms. The summed E-state index contributed by atoms with van der Waals surface area (Å²) in [6.45, 7) is 7.58. The third kappa shape index (κ3) is 4.01. The Morgan fingerprint density at radius 1 is 1.43 bits per heavy atom. The largest absolute Gasteiger partial charge is 0.369 e. The smallest absolute Gasteiger partial charge is 0.123 e. The summed E-state index contributed by atoms with van der Waals surface area (Å²) >= 11 is 3.90. The Kier molecular flexibility index (Phi) is 5.60. The number of hydrogen-bond acceptors (Lipinski definition) is 5. The monoisotopic (exact) mass is 326 g/mol. The second kappa shape index (κ2) is 7.44. The lowest BCUT2D eigenvalue weighted by Crippen LogP contribution is -2.27. The van der Waals surface area contributed by atoms with E-state index in [2.05, 4.69) is 19.2 Å². The lowest BCUT2D eigenvalue weighted by atomic mass is 9.91. The van der Waals surface area contributed by atoms with Crippen LogP contribution in [-0.2, 0) is 11.2 Å². The van der Waals surface area contributed by atoms with Crippen molar-refractivity contribution >= 4 is 23.1 Å². The number of aromatic nitrogens is 1. The van der Waals surface area contributed by atoms with Crippen molar-refractivity contribution in [3.63, 3.8) is 0 Å². The van der Waals surface area contributed by atoms with E-state index in [-0.39, 0.29) is 6.10 Å². The quantitative estimate of drug-likeness (QED) is 0.896. The minimum atomic E-state index is 0.239. The second-order valence-electron chi connectivity index (χ2n) is 6.44. The predicted molar refractivity (Wildman–Crippen MR) is 91.5 cm³/mol. The molecule has 0 amide bonds. The van der Waals surface area contributed by atoms with Crippen LogP contribution in [0.1, 0.15) is 54.3 Å². The Labute approximate surface area is 136 Å². The van der Waals surface area contributed by atoms with Gasteiger partial charge in [0.2, 0.25) is 0 Å². The first-order valence-electron chi connectivity index (χ1n) is 8.13. The number of rotatable bonds is 5. The van der Waals surface area contributed by atoms with Gasteiger partial charge in [-0.3, -0.25) is 0 Å². The average molecular weight is 327 g/mol. The standard InChI is InChI=1S/C16H26N2OS2/c1-11(2)8-17-9-12-4-3-5-14-15(12)18-16(21-14)13-10-20-7-6-19-13/h11-13,17H,3-10H2,1-2H3. The summed E-state index contributed by atoms with van der Waals surface area (Å²) in [5, 5.41) is 4.84. The van der Waals surface area contributed by atoms with Crippen LogP contribution < -0.4 is 5.32 Å². The third-order valence-corrected chi connectivity index (χ3v) is 6.34. The molecule has 0 aromatic carbocycles. The summed E-state index contributed by atoms with van der Waals surface area (Å²) in [5.74, 6) is 3.52. The Morgan fingerprint density at radius 3 is 3.10 bits per heavy atom. The van der Waals surface area contributed by atoms with Crippen molar-refractivity contribution < 1.29 is 4.74 Å². The van der Waals surface area contributed by atoms with E-state index >= 15 is 0 Å². The number of fused-ring (bicyclic) bond motifs is 1. The molecule has 2 atom stereocenters. The molecule has 1 aliphatic heterocycles. The number of nitrogens with one attached hydrogen (secondary N) is 1. The highest BCUT2D eigenvalue weighted by molar-refractivity contribution is 7.99. The molecule has 1 aromatic heterocycles. The Morgan fingerprint density at radius 2 is 2.33 bits per heavy atom. The zero-order valence-corrected chi connectivity index (χ0v) is 14.7. The maximum atomic E-state index is 5.90. The first-order chi connectivity index (χ1) is 10.2. The summed E-state index contributed by atoms with van der Waals surface area (Å²) in [6.07, 6.45) is 4.04. The molecule has 3 nitrogen and oxygen atoms in total. The van der Waals surface area contributed by atoms with Crippen molar-refractivity contribution in [2.24, 2.45) is 5.92 Å². The van der Waals surface area contributed by atoms with Gasteiger partial charge in [0.15, 0.2) is 0 Å². The highest BCUT2D eigenvalue weighted by Crippen LogP contribution is 2.38. The van der Waals surface area contributed by atoms with Crippen LogP contribution in [-0.4, -0.2) is 36.2 Å². The zero-order valence-electron chi connectivity index (χ0n) is 13.1. The summed E-state index contributed by atoms with van der Waals surface area (Å²) in [4.78, 5) is 6.51. The molecule has 1 saturated heterocycles. The van der Waals surface area contributed by atoms with Gasteiger partial charge in [-0.1, -0.05) is 13.8 Å². The number of thioether (sulfide) groups is 1. The predicted octanol–water partition coefficient (Wildman–Crippen LogP) is 3.61. The van der Waals surface area contributed by atoms with Crippen LogP contribution in [0.15, 0.2) is 0 Å². The van der Waals surface area contributed by atoms with E-state index in [1.807, 2.05) is 23.1 Å². The molecule has 0 bridgehead atoms. The van der Waals surface area contributed by atoms with Crippen molar-refractivity contribution in [1.82, 2.24) is 10.3 Å². The Balaban J connectivity index is 1.67. The highest BCUT2D eigenvalue weighted by atomic mass is 32.2. The third-order valence-electron chi connectivity index (χ3n) is 4.12. The molecule has 1 aliphatic carbocycles. The van der Waals surface area contributed by atoms with Crippen LogP contribution in [0.5, 0.6) is 0 Å². The van der Waals surface area contributed by atoms with Gasteiger partial charge in [-0.2, -0.15) is 11.8 Å². The fourth-order valence-electron chi connectivity index (χ4n) is 3.04. The van der Waals surface area contributed by atoms with Crippen LogP contribution in [0.2, 0.25) is 0 Å². The van der Waals surface area contributed by atoms with Gasteiger partial charge in [0.25, 0.3) is 0 Å². The van der Waals surface area contributed by atoms with E-state index in [0.717, 1.165) is 31.2 Å². The van der Waals surface area contributed by atoms with Gasteiger partial charge in [0.05, 0.1) is 12.3 Å². The summed E-state index contributed by atoms with van der Waals surface area (Å²) in [7, 11) is 0. The van der Waals surface area contributed by atoms with Gasteiger partial charge in [-0.25, -0.2) is 4.98 Å². The molecule has 2 heterocycles. The van der Waals surface area contributed by atoms with Crippen molar-refractivity contribution in [3.05, 3.63) is 15.6 Å². The van der Waals surface area contributed by atoms with E-state index in [0.29, 0.717) is 11.8 Å². The van der Waals surface area contributed by atoms with Crippen LogP contribution >= 0.6 is 23.1 Å². The minimum absolute atomic E-state index is 0.239. The van der Waals surface area contributed by atoms with E-state index in [4.69, 9.17) is 9.72 Å². The Hall–Kier alpha value is -0.100. The van der Waals surface area contributed by atoms with Crippen molar-refractivity contribution in [2.75, 3.05) is 31.2 Å². The lowest BCUT2D eigenvalue weighted by Gasteiger charge is -2.22. The van der Waals surface area contributed by atoms with E-state index < -0.39 is 0 Å². The van der Waals surface area contributed by atoms with Crippen molar-refractivity contribution in [1.29, 1.82) is 0 Å². The van der Waals surface area contributed by atoms with Gasteiger partial charge >= 0.3 is 0 Å². The fraction of sp³-hybridized carbons (Fsp3) is 0.812. The maximum absolute atomic E-state index is 5.90. The highest BCUT2D eigenvalue weighted by Gasteiger charge is 2.28. The van der Waals surface area contributed by atoms with Crippen molar-refractivity contribution in [3.8, 4) is 0 Å². The van der Waals surface area contributed by atoms with Gasteiger partial charge < -0.3 is 10.1 Å². The number of thiazole rings is 1. The molecule has 0 radical (unpaired) electrons. The van der Waals surface area contributed by atoms with Crippen LogP contribution in [0.4, 0.5) is 0 Å². The molecule has 2 aliphatic rings. The first-order valence-corrected chi connectivity index (χ1v) is 10.1. The number of nitrogens with zero attached hydrogens (tertiary/aromatic N) is 1. The Bertz CT molecular complexity index is 455. The number of aryl methyl sites for hydroxylation is 1. The average Bonchev–Trinajstić information content (AvgIpc) is 2.93. The molecule has 1 fully saturated rings. The molecular formula is C16H26N2OS2. The SMILES string of the molecule is CC(C)CNCC1CCCc2sc(C3CSCCO3)nc21. The summed E-state index contributed by atoms with van der Waals surface area (Å²) < 4.78 is 5.90. The summed E-state index contributed by atoms with van der Waals surface area (Å²) in [6, 6.07) is 0.